The molecule has 1 aliphatic rings. The molecular formula is C24H25N5O6. The van der Waals surface area contributed by atoms with Gasteiger partial charge in [-0.15, -0.1) is 5.10 Å². The average Bonchev–Trinajstić information content (AvgIpc) is 3.43. The molecule has 0 bridgehead atoms. The van der Waals surface area contributed by atoms with Gasteiger partial charge >= 0.3 is 12.1 Å². The van der Waals surface area contributed by atoms with E-state index in [-0.39, 0.29) is 32.2 Å². The highest BCUT2D eigenvalue weighted by atomic mass is 16.5. The number of methoxy groups -OCH3 is 1. The van der Waals surface area contributed by atoms with Crippen LogP contribution in [0.25, 0.3) is 11.1 Å². The minimum absolute atomic E-state index is 0.0414. The minimum Gasteiger partial charge on any atom is -0.480 e. The summed E-state index contributed by atoms with van der Waals surface area (Å²) >= 11 is 0. The van der Waals surface area contributed by atoms with Crippen molar-refractivity contribution in [2.75, 3.05) is 20.3 Å². The van der Waals surface area contributed by atoms with Crippen LogP contribution < -0.4 is 10.6 Å². The van der Waals surface area contributed by atoms with Gasteiger partial charge < -0.3 is 25.2 Å². The summed E-state index contributed by atoms with van der Waals surface area (Å²) in [6.45, 7) is -0.141. The number of nitrogens with zero attached hydrogens (tertiary/aromatic N) is 3. The SMILES string of the molecule is COC[C@H](NC(=O)Cn1cc(CNC(=O)OCC2c3ccccc3-c3ccccc32)nn1)C(=O)O. The zero-order valence-corrected chi connectivity index (χ0v) is 19.0. The van der Waals surface area contributed by atoms with Crippen LogP contribution in [-0.2, 0) is 32.2 Å². The van der Waals surface area contributed by atoms with Crippen molar-refractivity contribution < 1.29 is 29.0 Å². The van der Waals surface area contributed by atoms with Gasteiger partial charge in [-0.3, -0.25) is 4.79 Å². The Kier molecular flexibility index (Phi) is 7.36. The summed E-state index contributed by atoms with van der Waals surface area (Å²) in [7, 11) is 1.34. The molecule has 0 unspecified atom stereocenters. The molecular weight excluding hydrogens is 454 g/mol. The summed E-state index contributed by atoms with van der Waals surface area (Å²) in [5, 5.41) is 21.8. The number of rotatable bonds is 10. The van der Waals surface area contributed by atoms with Crippen molar-refractivity contribution in [3.63, 3.8) is 0 Å². The molecule has 1 aromatic heterocycles. The van der Waals surface area contributed by atoms with E-state index >= 15 is 0 Å². The standard InChI is InChI=1S/C24H25N5O6/c1-34-14-21(23(31)32)26-22(30)12-29-11-15(27-28-29)10-25-24(33)35-13-20-18-8-4-2-6-16(18)17-7-3-5-9-19(17)20/h2-9,11,20-21H,10,12-14H2,1H3,(H,25,33)(H,26,30)(H,31,32)/t21-/m0/s1. The number of carbonyl (C=O) groups is 3. The molecule has 182 valence electrons. The highest BCUT2D eigenvalue weighted by Gasteiger charge is 2.29. The van der Waals surface area contributed by atoms with E-state index in [0.717, 1.165) is 22.3 Å². The maximum Gasteiger partial charge on any atom is 0.407 e. The van der Waals surface area contributed by atoms with E-state index < -0.39 is 24.0 Å². The summed E-state index contributed by atoms with van der Waals surface area (Å²) in [5.41, 5.74) is 4.96. The molecule has 11 heteroatoms. The monoisotopic (exact) mass is 479 g/mol. The van der Waals surface area contributed by atoms with Crippen molar-refractivity contribution in [1.29, 1.82) is 0 Å². The van der Waals surface area contributed by atoms with Gasteiger partial charge in [0, 0.05) is 13.0 Å². The Morgan fingerprint density at radius 1 is 1.09 bits per heavy atom. The number of carbonyl (C=O) groups excluding carboxylic acids is 2. The number of alkyl carbamates (subject to hydrolysis) is 1. The Balaban J connectivity index is 1.27. The fourth-order valence-electron chi connectivity index (χ4n) is 4.04. The number of carboxylic acid groups (broad SMARTS) is 1. The van der Waals surface area contributed by atoms with Crippen molar-refractivity contribution in [2.24, 2.45) is 0 Å². The van der Waals surface area contributed by atoms with E-state index in [0.29, 0.717) is 5.69 Å². The second-order valence-corrected chi connectivity index (χ2v) is 8.00. The van der Waals surface area contributed by atoms with Gasteiger partial charge in [-0.25, -0.2) is 14.3 Å². The van der Waals surface area contributed by atoms with Crippen molar-refractivity contribution >= 4 is 18.0 Å². The number of fused-ring (bicyclic) bond motifs is 3. The van der Waals surface area contributed by atoms with Crippen LogP contribution in [0.5, 0.6) is 0 Å². The maximum atomic E-state index is 12.3. The Bertz CT molecular complexity index is 1180. The highest BCUT2D eigenvalue weighted by Crippen LogP contribution is 2.44. The van der Waals surface area contributed by atoms with Gasteiger partial charge in [0.1, 0.15) is 18.8 Å². The minimum atomic E-state index is -1.20. The van der Waals surface area contributed by atoms with Gasteiger partial charge in [-0.05, 0) is 22.3 Å². The number of amides is 2. The lowest BCUT2D eigenvalue weighted by Crippen LogP contribution is -2.45. The van der Waals surface area contributed by atoms with Crippen molar-refractivity contribution in [3.8, 4) is 11.1 Å². The molecule has 2 amide bonds. The molecule has 35 heavy (non-hydrogen) atoms. The summed E-state index contributed by atoms with van der Waals surface area (Å²) in [6.07, 6.45) is 0.887. The molecule has 11 nitrogen and oxygen atoms in total. The van der Waals surface area contributed by atoms with E-state index in [1.165, 1.54) is 18.0 Å². The first-order valence-corrected chi connectivity index (χ1v) is 10.9. The fourth-order valence-corrected chi connectivity index (χ4v) is 4.04. The molecule has 1 heterocycles. The maximum absolute atomic E-state index is 12.3. The Hall–Kier alpha value is -4.25. The van der Waals surface area contributed by atoms with Crippen LogP contribution in [0.3, 0.4) is 0 Å². The summed E-state index contributed by atoms with van der Waals surface area (Å²) < 4.78 is 11.5. The lowest BCUT2D eigenvalue weighted by atomic mass is 9.98. The van der Waals surface area contributed by atoms with Crippen molar-refractivity contribution in [2.45, 2.75) is 25.0 Å². The molecule has 0 saturated carbocycles. The lowest BCUT2D eigenvalue weighted by Gasteiger charge is -2.14. The number of aromatic nitrogens is 3. The van der Waals surface area contributed by atoms with Crippen LogP contribution in [0, 0.1) is 0 Å². The molecule has 0 saturated heterocycles. The van der Waals surface area contributed by atoms with E-state index in [1.807, 2.05) is 36.4 Å². The third kappa shape index (κ3) is 5.64. The molecule has 1 aliphatic carbocycles. The smallest absolute Gasteiger partial charge is 0.407 e. The van der Waals surface area contributed by atoms with Crippen LogP contribution in [0.2, 0.25) is 0 Å². The molecule has 0 radical (unpaired) electrons. The largest absolute Gasteiger partial charge is 0.480 e. The first-order chi connectivity index (χ1) is 17.0. The van der Waals surface area contributed by atoms with Gasteiger partial charge in [0.2, 0.25) is 5.91 Å². The zero-order valence-electron chi connectivity index (χ0n) is 19.0. The first kappa shape index (κ1) is 23.9. The number of carboxylic acids is 1. The topological polar surface area (TPSA) is 145 Å². The van der Waals surface area contributed by atoms with E-state index in [2.05, 4.69) is 33.1 Å². The summed E-state index contributed by atoms with van der Waals surface area (Å²) in [6, 6.07) is 15.0. The highest BCUT2D eigenvalue weighted by molar-refractivity contribution is 5.83. The number of nitrogens with one attached hydrogen (secondary N) is 2. The number of hydrogen-bond donors (Lipinski definition) is 3. The Morgan fingerprint density at radius 3 is 2.37 bits per heavy atom. The second-order valence-electron chi connectivity index (χ2n) is 8.00. The summed E-state index contributed by atoms with van der Waals surface area (Å²) in [5.74, 6) is -1.80. The van der Waals surface area contributed by atoms with Crippen LogP contribution in [-0.4, -0.2) is 64.4 Å². The summed E-state index contributed by atoms with van der Waals surface area (Å²) in [4.78, 5) is 35.5. The van der Waals surface area contributed by atoms with E-state index in [9.17, 15) is 14.4 Å². The number of benzene rings is 2. The Labute approximate surface area is 201 Å². The molecule has 0 spiro atoms. The second kappa shape index (κ2) is 10.8. The molecule has 1 atom stereocenters. The molecule has 2 aromatic carbocycles. The van der Waals surface area contributed by atoms with Gasteiger partial charge in [-0.2, -0.15) is 0 Å². The normalized spacial score (nSPS) is 12.9. The quantitative estimate of drug-likeness (QED) is 0.397. The van der Waals surface area contributed by atoms with E-state index in [4.69, 9.17) is 14.6 Å². The van der Waals surface area contributed by atoms with Gasteiger partial charge in [-0.1, -0.05) is 53.7 Å². The number of hydrogen-bond acceptors (Lipinski definition) is 7. The van der Waals surface area contributed by atoms with Crippen LogP contribution in [0.1, 0.15) is 22.7 Å². The van der Waals surface area contributed by atoms with Gasteiger partial charge in [0.15, 0.2) is 6.04 Å². The van der Waals surface area contributed by atoms with Gasteiger partial charge in [0.05, 0.1) is 19.3 Å². The molecule has 3 N–H and O–H groups in total. The third-order valence-corrected chi connectivity index (χ3v) is 5.62. The molecule has 3 aromatic rings. The lowest BCUT2D eigenvalue weighted by molar-refractivity contribution is -0.143. The van der Waals surface area contributed by atoms with Gasteiger partial charge in [0.25, 0.3) is 0 Å². The number of ether oxygens (including phenoxy) is 2. The first-order valence-electron chi connectivity index (χ1n) is 10.9. The van der Waals surface area contributed by atoms with E-state index in [1.54, 1.807) is 0 Å². The molecule has 0 aliphatic heterocycles. The average molecular weight is 479 g/mol. The Morgan fingerprint density at radius 2 is 1.74 bits per heavy atom. The number of aliphatic carboxylic acids is 1. The zero-order chi connectivity index (χ0) is 24.8. The predicted octanol–water partition coefficient (Wildman–Crippen LogP) is 1.53. The van der Waals surface area contributed by atoms with Crippen LogP contribution >= 0.6 is 0 Å². The van der Waals surface area contributed by atoms with Crippen LogP contribution in [0.15, 0.2) is 54.7 Å². The fraction of sp³-hybridized carbons (Fsp3) is 0.292. The van der Waals surface area contributed by atoms with Crippen LogP contribution in [0.4, 0.5) is 4.79 Å². The van der Waals surface area contributed by atoms with Crippen molar-refractivity contribution in [3.05, 3.63) is 71.5 Å². The van der Waals surface area contributed by atoms with Crippen molar-refractivity contribution in [1.82, 2.24) is 25.6 Å². The molecule has 4 rings (SSSR count). The third-order valence-electron chi connectivity index (χ3n) is 5.62. The molecule has 0 fully saturated rings. The predicted molar refractivity (Wildman–Crippen MR) is 123 cm³/mol.